The lowest BCUT2D eigenvalue weighted by atomic mass is 10.1. The second-order valence-electron chi connectivity index (χ2n) is 4.64. The molecule has 4 heteroatoms. The van der Waals surface area contributed by atoms with Crippen molar-refractivity contribution >= 4 is 27.8 Å². The van der Waals surface area contributed by atoms with E-state index >= 15 is 0 Å². The molecule has 0 bridgehead atoms. The third-order valence-electron chi connectivity index (χ3n) is 3.30. The molecule has 1 aromatic heterocycles. The predicted molar refractivity (Wildman–Crippen MR) is 79.4 cm³/mol. The molecule has 0 atom stereocenters. The van der Waals surface area contributed by atoms with Crippen LogP contribution in [0.3, 0.4) is 0 Å². The molecule has 2 aromatic carbocycles. The first-order valence-electron chi connectivity index (χ1n) is 6.31. The van der Waals surface area contributed by atoms with Crippen LogP contribution >= 0.6 is 0 Å². The lowest BCUT2D eigenvalue weighted by Gasteiger charge is -2.04. The number of para-hydroxylation sites is 1. The third kappa shape index (κ3) is 2.25. The number of nitrogens with two attached hydrogens (primary N) is 1. The molecule has 3 aromatic rings. The van der Waals surface area contributed by atoms with E-state index in [2.05, 4.69) is 46.7 Å². The molecule has 0 aliphatic heterocycles. The van der Waals surface area contributed by atoms with Crippen molar-refractivity contribution in [1.29, 1.82) is 5.41 Å². The van der Waals surface area contributed by atoms with Gasteiger partial charge in [0.2, 0.25) is 0 Å². The summed E-state index contributed by atoms with van der Waals surface area (Å²) in [5.41, 5.74) is 8.83. The van der Waals surface area contributed by atoms with Gasteiger partial charge in [0.15, 0.2) is 5.96 Å². The number of aromatic nitrogens is 1. The van der Waals surface area contributed by atoms with Gasteiger partial charge in [0.25, 0.3) is 0 Å². The summed E-state index contributed by atoms with van der Waals surface area (Å²) in [5.74, 6) is 0.0215. The number of fused-ring (bicyclic) bond motifs is 3. The van der Waals surface area contributed by atoms with Crippen LogP contribution in [0.1, 0.15) is 5.56 Å². The first kappa shape index (κ1) is 11.6. The number of benzene rings is 2. The van der Waals surface area contributed by atoms with Crippen molar-refractivity contribution in [2.75, 3.05) is 6.54 Å². The van der Waals surface area contributed by atoms with Gasteiger partial charge in [-0.1, -0.05) is 24.3 Å². The molecule has 3 rings (SSSR count). The van der Waals surface area contributed by atoms with Crippen molar-refractivity contribution in [2.24, 2.45) is 5.73 Å². The lowest BCUT2D eigenvalue weighted by Crippen LogP contribution is -2.31. The van der Waals surface area contributed by atoms with E-state index in [0.29, 0.717) is 6.54 Å². The molecular formula is C15H16N4. The standard InChI is InChI=1S/C15H16N4/c16-15(17)18-8-7-10-5-6-14-12(9-10)11-3-1-2-4-13(11)19-14/h1-6,9,19H,7-8H2,(H4,16,17,18). The number of hydrogen-bond acceptors (Lipinski definition) is 1. The summed E-state index contributed by atoms with van der Waals surface area (Å²) in [6.07, 6.45) is 0.856. The van der Waals surface area contributed by atoms with E-state index in [-0.39, 0.29) is 5.96 Å². The Hall–Kier alpha value is -2.49. The zero-order chi connectivity index (χ0) is 13.2. The van der Waals surface area contributed by atoms with Gasteiger partial charge in [-0.25, -0.2) is 0 Å². The van der Waals surface area contributed by atoms with Gasteiger partial charge in [-0.2, -0.15) is 0 Å². The van der Waals surface area contributed by atoms with Crippen molar-refractivity contribution in [3.05, 3.63) is 48.0 Å². The highest BCUT2D eigenvalue weighted by atomic mass is 15.0. The van der Waals surface area contributed by atoms with E-state index in [1.807, 2.05) is 6.07 Å². The van der Waals surface area contributed by atoms with Gasteiger partial charge < -0.3 is 16.0 Å². The minimum absolute atomic E-state index is 0.0215. The summed E-state index contributed by atoms with van der Waals surface area (Å²) in [6, 6.07) is 14.7. The smallest absolute Gasteiger partial charge is 0.185 e. The highest BCUT2D eigenvalue weighted by molar-refractivity contribution is 6.07. The molecular weight excluding hydrogens is 236 g/mol. The van der Waals surface area contributed by atoms with Crippen molar-refractivity contribution in [3.63, 3.8) is 0 Å². The Morgan fingerprint density at radius 1 is 1.11 bits per heavy atom. The quantitative estimate of drug-likeness (QED) is 0.426. The first-order valence-corrected chi connectivity index (χ1v) is 6.31. The number of H-pyrrole nitrogens is 1. The topological polar surface area (TPSA) is 77.7 Å². The summed E-state index contributed by atoms with van der Waals surface area (Å²) in [7, 11) is 0. The Morgan fingerprint density at radius 3 is 2.74 bits per heavy atom. The van der Waals surface area contributed by atoms with Crippen molar-refractivity contribution in [2.45, 2.75) is 6.42 Å². The molecule has 96 valence electrons. The van der Waals surface area contributed by atoms with Crippen LogP contribution in [-0.2, 0) is 6.42 Å². The van der Waals surface area contributed by atoms with Gasteiger partial charge in [-0.05, 0) is 30.2 Å². The minimum Gasteiger partial charge on any atom is -0.370 e. The van der Waals surface area contributed by atoms with Crippen LogP contribution in [0.4, 0.5) is 0 Å². The maximum Gasteiger partial charge on any atom is 0.185 e. The fourth-order valence-electron chi connectivity index (χ4n) is 2.39. The summed E-state index contributed by atoms with van der Waals surface area (Å²) in [5, 5.41) is 12.5. The van der Waals surface area contributed by atoms with E-state index in [0.717, 1.165) is 17.5 Å². The third-order valence-corrected chi connectivity index (χ3v) is 3.30. The Bertz CT molecular complexity index is 742. The van der Waals surface area contributed by atoms with Crippen LogP contribution in [-0.4, -0.2) is 17.5 Å². The summed E-state index contributed by atoms with van der Waals surface area (Å²) in [6.45, 7) is 0.684. The lowest BCUT2D eigenvalue weighted by molar-refractivity contribution is 0.855. The summed E-state index contributed by atoms with van der Waals surface area (Å²) >= 11 is 0. The highest BCUT2D eigenvalue weighted by Crippen LogP contribution is 2.25. The molecule has 0 radical (unpaired) electrons. The molecule has 19 heavy (non-hydrogen) atoms. The fraction of sp³-hybridized carbons (Fsp3) is 0.133. The first-order chi connectivity index (χ1) is 9.24. The van der Waals surface area contributed by atoms with E-state index in [9.17, 15) is 0 Å². The maximum atomic E-state index is 7.14. The Balaban J connectivity index is 1.95. The van der Waals surface area contributed by atoms with Gasteiger partial charge in [-0.15, -0.1) is 0 Å². The molecule has 0 saturated heterocycles. The summed E-state index contributed by atoms with van der Waals surface area (Å²) in [4.78, 5) is 3.41. The largest absolute Gasteiger partial charge is 0.370 e. The van der Waals surface area contributed by atoms with Crippen molar-refractivity contribution in [3.8, 4) is 0 Å². The molecule has 4 nitrogen and oxygen atoms in total. The van der Waals surface area contributed by atoms with E-state index in [1.165, 1.54) is 16.3 Å². The van der Waals surface area contributed by atoms with Crippen LogP contribution in [0.25, 0.3) is 21.8 Å². The van der Waals surface area contributed by atoms with Gasteiger partial charge >= 0.3 is 0 Å². The molecule has 0 unspecified atom stereocenters. The molecule has 0 fully saturated rings. The van der Waals surface area contributed by atoms with E-state index in [4.69, 9.17) is 11.1 Å². The number of nitrogens with one attached hydrogen (secondary N) is 3. The molecule has 0 amide bonds. The zero-order valence-corrected chi connectivity index (χ0v) is 10.5. The Kier molecular flexibility index (Phi) is 2.83. The van der Waals surface area contributed by atoms with Gasteiger partial charge in [0.05, 0.1) is 0 Å². The molecule has 0 saturated carbocycles. The monoisotopic (exact) mass is 252 g/mol. The number of guanidine groups is 1. The average Bonchev–Trinajstić information content (AvgIpc) is 2.76. The molecule has 0 aliphatic carbocycles. The molecule has 1 heterocycles. The van der Waals surface area contributed by atoms with Crippen LogP contribution in [0.2, 0.25) is 0 Å². The predicted octanol–water partition coefficient (Wildman–Crippen LogP) is 2.35. The minimum atomic E-state index is 0.0215. The van der Waals surface area contributed by atoms with E-state index in [1.54, 1.807) is 0 Å². The van der Waals surface area contributed by atoms with Crippen LogP contribution < -0.4 is 11.1 Å². The van der Waals surface area contributed by atoms with Crippen LogP contribution in [0.15, 0.2) is 42.5 Å². The van der Waals surface area contributed by atoms with E-state index < -0.39 is 0 Å². The SMILES string of the molecule is N=C(N)NCCc1ccc2[nH]c3ccccc3c2c1. The Labute approximate surface area is 111 Å². The van der Waals surface area contributed by atoms with Gasteiger partial charge in [0.1, 0.15) is 0 Å². The zero-order valence-electron chi connectivity index (χ0n) is 10.5. The molecule has 0 aliphatic rings. The highest BCUT2D eigenvalue weighted by Gasteiger charge is 2.04. The second-order valence-corrected chi connectivity index (χ2v) is 4.64. The number of rotatable bonds is 3. The van der Waals surface area contributed by atoms with Gasteiger partial charge in [-0.3, -0.25) is 5.41 Å². The maximum absolute atomic E-state index is 7.14. The molecule has 5 N–H and O–H groups in total. The number of hydrogen-bond donors (Lipinski definition) is 4. The molecule has 0 spiro atoms. The fourth-order valence-corrected chi connectivity index (χ4v) is 2.39. The normalized spacial score (nSPS) is 10.9. The van der Waals surface area contributed by atoms with Crippen LogP contribution in [0, 0.1) is 5.41 Å². The van der Waals surface area contributed by atoms with Crippen molar-refractivity contribution in [1.82, 2.24) is 10.3 Å². The van der Waals surface area contributed by atoms with Gasteiger partial charge in [0, 0.05) is 28.4 Å². The number of aromatic amines is 1. The van der Waals surface area contributed by atoms with Crippen molar-refractivity contribution < 1.29 is 0 Å². The summed E-state index contributed by atoms with van der Waals surface area (Å²) < 4.78 is 0. The second kappa shape index (κ2) is 4.65. The Morgan fingerprint density at radius 2 is 1.89 bits per heavy atom. The average molecular weight is 252 g/mol. The van der Waals surface area contributed by atoms with Crippen LogP contribution in [0.5, 0.6) is 0 Å².